The smallest absolute Gasteiger partial charge is 0.387 e. The lowest BCUT2D eigenvalue weighted by Crippen LogP contribution is -2.33. The van der Waals surface area contributed by atoms with E-state index in [1.54, 1.807) is 19.1 Å². The van der Waals surface area contributed by atoms with Crippen LogP contribution in [0.25, 0.3) is 0 Å². The van der Waals surface area contributed by atoms with Crippen molar-refractivity contribution in [2.75, 3.05) is 0 Å². The number of halogens is 3. The van der Waals surface area contributed by atoms with Gasteiger partial charge in [0.2, 0.25) is 0 Å². The summed E-state index contributed by atoms with van der Waals surface area (Å²) < 4.78 is 48.7. The van der Waals surface area contributed by atoms with Gasteiger partial charge in [-0.2, -0.15) is 8.78 Å². The van der Waals surface area contributed by atoms with Crippen LogP contribution in [0.1, 0.15) is 50.7 Å². The second-order valence-corrected chi connectivity index (χ2v) is 5.85. The standard InChI is InChI=1S/C16H21F3O2/c1-4-16(3,19)8-14-10(2)13-6-5-12(21-15(17)18)7-11(13)9-20-14/h5-7,10,14-15H,4,8-9H2,1-3H3/t10-,14-,16+/m0/s1. The Balaban J connectivity index is 2.15. The lowest BCUT2D eigenvalue weighted by molar-refractivity contribution is -0.0507. The predicted octanol–water partition coefficient (Wildman–Crippen LogP) is 4.82. The van der Waals surface area contributed by atoms with E-state index in [9.17, 15) is 13.2 Å². The van der Waals surface area contributed by atoms with Crippen molar-refractivity contribution in [3.8, 4) is 5.75 Å². The van der Waals surface area contributed by atoms with E-state index in [0.29, 0.717) is 19.4 Å². The first-order valence-electron chi connectivity index (χ1n) is 7.20. The minimum atomic E-state index is -2.84. The van der Waals surface area contributed by atoms with Crippen LogP contribution in [0.15, 0.2) is 18.2 Å². The Morgan fingerprint density at radius 3 is 2.76 bits per heavy atom. The summed E-state index contributed by atoms with van der Waals surface area (Å²) in [6.07, 6.45) is 0.571. The Morgan fingerprint density at radius 2 is 2.14 bits per heavy atom. The summed E-state index contributed by atoms with van der Waals surface area (Å²) in [7, 11) is 0. The molecule has 2 nitrogen and oxygen atoms in total. The van der Waals surface area contributed by atoms with Crippen molar-refractivity contribution in [2.24, 2.45) is 0 Å². The molecule has 21 heavy (non-hydrogen) atoms. The first-order chi connectivity index (χ1) is 9.82. The molecule has 0 radical (unpaired) electrons. The Kier molecular flexibility index (Phi) is 4.81. The average molecular weight is 302 g/mol. The molecular weight excluding hydrogens is 281 g/mol. The first kappa shape index (κ1) is 16.1. The molecule has 1 aliphatic heterocycles. The van der Waals surface area contributed by atoms with Crippen LogP contribution in [0, 0.1) is 0 Å². The van der Waals surface area contributed by atoms with Gasteiger partial charge in [0.1, 0.15) is 11.4 Å². The molecule has 0 spiro atoms. The second kappa shape index (κ2) is 6.26. The van der Waals surface area contributed by atoms with E-state index >= 15 is 0 Å². The normalized spacial score (nSPS) is 24.5. The molecule has 1 heterocycles. The van der Waals surface area contributed by atoms with Crippen LogP contribution in [0.4, 0.5) is 13.2 Å². The van der Waals surface area contributed by atoms with E-state index in [-0.39, 0.29) is 17.8 Å². The van der Waals surface area contributed by atoms with Gasteiger partial charge in [-0.05, 0) is 36.6 Å². The Bertz CT molecular complexity index is 488. The molecule has 3 atom stereocenters. The van der Waals surface area contributed by atoms with Crippen LogP contribution in [0.2, 0.25) is 0 Å². The van der Waals surface area contributed by atoms with Crippen LogP contribution >= 0.6 is 0 Å². The quantitative estimate of drug-likeness (QED) is 0.776. The van der Waals surface area contributed by atoms with Crippen LogP contribution in [0.5, 0.6) is 5.75 Å². The van der Waals surface area contributed by atoms with Crippen LogP contribution < -0.4 is 4.74 Å². The third-order valence-corrected chi connectivity index (χ3v) is 4.20. The monoisotopic (exact) mass is 302 g/mol. The number of ether oxygens (including phenoxy) is 2. The summed E-state index contributed by atoms with van der Waals surface area (Å²) >= 11 is 0. The third-order valence-electron chi connectivity index (χ3n) is 4.20. The highest BCUT2D eigenvalue weighted by Gasteiger charge is 2.33. The lowest BCUT2D eigenvalue weighted by atomic mass is 9.83. The maximum Gasteiger partial charge on any atom is 0.387 e. The number of rotatable bonds is 5. The molecular formula is C16H21F3O2. The minimum absolute atomic E-state index is 0.0241. The SMILES string of the molecule is CC[C@@](C)(F)C[C@@H]1OCc2cc(OC(F)F)ccc2[C@@H]1C. The molecule has 0 aromatic heterocycles. The van der Waals surface area contributed by atoms with Crippen molar-refractivity contribution in [1.82, 2.24) is 0 Å². The van der Waals surface area contributed by atoms with E-state index in [1.807, 2.05) is 13.8 Å². The molecule has 0 bridgehead atoms. The van der Waals surface area contributed by atoms with Gasteiger partial charge < -0.3 is 9.47 Å². The molecule has 0 fully saturated rings. The van der Waals surface area contributed by atoms with Crippen LogP contribution in [-0.2, 0) is 11.3 Å². The number of hydrogen-bond acceptors (Lipinski definition) is 2. The zero-order valence-corrected chi connectivity index (χ0v) is 12.5. The van der Waals surface area contributed by atoms with Gasteiger partial charge in [-0.15, -0.1) is 0 Å². The maximum atomic E-state index is 14.2. The van der Waals surface area contributed by atoms with E-state index in [1.165, 1.54) is 6.07 Å². The molecule has 0 saturated heterocycles. The molecule has 1 aliphatic rings. The Morgan fingerprint density at radius 1 is 1.43 bits per heavy atom. The fraction of sp³-hybridized carbons (Fsp3) is 0.625. The molecule has 0 N–H and O–H groups in total. The summed E-state index contributed by atoms with van der Waals surface area (Å²) in [6.45, 7) is 2.83. The lowest BCUT2D eigenvalue weighted by Gasteiger charge is -2.35. The van der Waals surface area contributed by atoms with Gasteiger partial charge in [0.15, 0.2) is 0 Å². The maximum absolute atomic E-state index is 14.2. The number of alkyl halides is 3. The Labute approximate surface area is 123 Å². The van der Waals surface area contributed by atoms with Gasteiger partial charge in [0, 0.05) is 12.3 Å². The molecule has 0 unspecified atom stereocenters. The van der Waals surface area contributed by atoms with Crippen molar-refractivity contribution in [2.45, 2.75) is 64.5 Å². The van der Waals surface area contributed by atoms with Crippen LogP contribution in [0.3, 0.4) is 0 Å². The highest BCUT2D eigenvalue weighted by Crippen LogP contribution is 2.38. The number of hydrogen-bond donors (Lipinski definition) is 0. The van der Waals surface area contributed by atoms with Gasteiger partial charge >= 0.3 is 6.61 Å². The molecule has 0 saturated carbocycles. The van der Waals surface area contributed by atoms with Crippen LogP contribution in [-0.4, -0.2) is 18.4 Å². The van der Waals surface area contributed by atoms with Crippen molar-refractivity contribution in [3.63, 3.8) is 0 Å². The molecule has 2 rings (SSSR count). The van der Waals surface area contributed by atoms with Crippen molar-refractivity contribution >= 4 is 0 Å². The molecule has 0 aliphatic carbocycles. The van der Waals surface area contributed by atoms with Gasteiger partial charge in [-0.25, -0.2) is 4.39 Å². The number of fused-ring (bicyclic) bond motifs is 1. The van der Waals surface area contributed by atoms with E-state index in [2.05, 4.69) is 4.74 Å². The molecule has 118 valence electrons. The largest absolute Gasteiger partial charge is 0.435 e. The van der Waals surface area contributed by atoms with Crippen molar-refractivity contribution in [1.29, 1.82) is 0 Å². The average Bonchev–Trinajstić information content (AvgIpc) is 2.41. The fourth-order valence-corrected chi connectivity index (χ4v) is 2.67. The van der Waals surface area contributed by atoms with Gasteiger partial charge in [0.05, 0.1) is 12.7 Å². The highest BCUT2D eigenvalue weighted by molar-refractivity contribution is 5.39. The van der Waals surface area contributed by atoms with Gasteiger partial charge in [0.25, 0.3) is 0 Å². The zero-order valence-electron chi connectivity index (χ0n) is 12.5. The fourth-order valence-electron chi connectivity index (χ4n) is 2.67. The third kappa shape index (κ3) is 3.90. The summed E-state index contributed by atoms with van der Waals surface area (Å²) in [5.74, 6) is 0.151. The van der Waals surface area contributed by atoms with E-state index in [0.717, 1.165) is 11.1 Å². The topological polar surface area (TPSA) is 18.5 Å². The predicted molar refractivity (Wildman–Crippen MR) is 74.5 cm³/mol. The first-order valence-corrected chi connectivity index (χ1v) is 7.20. The number of benzene rings is 1. The van der Waals surface area contributed by atoms with Crippen molar-refractivity contribution in [3.05, 3.63) is 29.3 Å². The summed E-state index contributed by atoms with van der Waals surface area (Å²) in [4.78, 5) is 0. The minimum Gasteiger partial charge on any atom is -0.435 e. The van der Waals surface area contributed by atoms with Gasteiger partial charge in [-0.3, -0.25) is 0 Å². The van der Waals surface area contributed by atoms with Gasteiger partial charge in [-0.1, -0.05) is 19.9 Å². The second-order valence-electron chi connectivity index (χ2n) is 5.85. The zero-order chi connectivity index (χ0) is 15.6. The Hall–Kier alpha value is -1.23. The molecule has 1 aromatic rings. The molecule has 0 amide bonds. The summed E-state index contributed by atoms with van der Waals surface area (Å²) in [5.41, 5.74) is 0.587. The highest BCUT2D eigenvalue weighted by atomic mass is 19.3. The summed E-state index contributed by atoms with van der Waals surface area (Å²) in [5, 5.41) is 0. The molecule has 5 heteroatoms. The van der Waals surface area contributed by atoms with Crippen molar-refractivity contribution < 1.29 is 22.6 Å². The van der Waals surface area contributed by atoms with E-state index in [4.69, 9.17) is 4.74 Å². The summed E-state index contributed by atoms with van der Waals surface area (Å²) in [6, 6.07) is 4.87. The van der Waals surface area contributed by atoms with E-state index < -0.39 is 12.3 Å². The molecule has 1 aromatic carbocycles.